The van der Waals surface area contributed by atoms with Gasteiger partial charge in [-0.25, -0.2) is 0 Å². The van der Waals surface area contributed by atoms with E-state index in [1.807, 2.05) is 32.0 Å². The van der Waals surface area contributed by atoms with Crippen molar-refractivity contribution >= 4 is 11.0 Å². The number of aryl methyl sites for hydroxylation is 1. The Labute approximate surface area is 94.6 Å². The Morgan fingerprint density at radius 3 is 2.75 bits per heavy atom. The zero-order valence-corrected chi connectivity index (χ0v) is 9.62. The Morgan fingerprint density at radius 1 is 1.31 bits per heavy atom. The van der Waals surface area contributed by atoms with Gasteiger partial charge < -0.3 is 14.3 Å². The minimum atomic E-state index is -0.0661. The summed E-state index contributed by atoms with van der Waals surface area (Å²) < 4.78 is 11.1. The Morgan fingerprint density at radius 2 is 2.12 bits per heavy atom. The third-order valence-corrected chi connectivity index (χ3v) is 2.60. The maximum absolute atomic E-state index is 9.39. The second-order valence-electron chi connectivity index (χ2n) is 3.62. The third-order valence-electron chi connectivity index (χ3n) is 2.60. The number of ether oxygens (including phenoxy) is 1. The monoisotopic (exact) mass is 220 g/mol. The van der Waals surface area contributed by atoms with Crippen LogP contribution in [0.3, 0.4) is 0 Å². The van der Waals surface area contributed by atoms with Gasteiger partial charge in [-0.1, -0.05) is 6.92 Å². The summed E-state index contributed by atoms with van der Waals surface area (Å²) in [4.78, 5) is 0. The SMILES string of the molecule is CCOc1ccc2cc(CC)oc2c1CO. The predicted octanol–water partition coefficient (Wildman–Crippen LogP) is 2.89. The van der Waals surface area contributed by atoms with Crippen LogP contribution in [0.1, 0.15) is 25.2 Å². The van der Waals surface area contributed by atoms with Gasteiger partial charge in [-0.15, -0.1) is 0 Å². The van der Waals surface area contributed by atoms with Crippen LogP contribution in [0.5, 0.6) is 5.75 Å². The Balaban J connectivity index is 2.59. The van der Waals surface area contributed by atoms with Crippen molar-refractivity contribution in [3.05, 3.63) is 29.5 Å². The molecule has 1 heterocycles. The Kier molecular flexibility index (Phi) is 3.15. The summed E-state index contributed by atoms with van der Waals surface area (Å²) >= 11 is 0. The average Bonchev–Trinajstić information content (AvgIpc) is 2.72. The molecule has 0 bridgehead atoms. The standard InChI is InChI=1S/C13H16O3/c1-3-10-7-9-5-6-12(15-4-2)11(8-14)13(9)16-10/h5-7,14H,3-4,8H2,1-2H3. The molecule has 0 aliphatic rings. The van der Waals surface area contributed by atoms with Gasteiger partial charge >= 0.3 is 0 Å². The maximum atomic E-state index is 9.39. The van der Waals surface area contributed by atoms with Crippen LogP contribution in [0.4, 0.5) is 0 Å². The van der Waals surface area contributed by atoms with Gasteiger partial charge in [0.2, 0.25) is 0 Å². The van der Waals surface area contributed by atoms with Crippen LogP contribution in [0.15, 0.2) is 22.6 Å². The Hall–Kier alpha value is -1.48. The minimum Gasteiger partial charge on any atom is -0.493 e. The maximum Gasteiger partial charge on any atom is 0.143 e. The first kappa shape index (κ1) is 11.0. The highest BCUT2D eigenvalue weighted by atomic mass is 16.5. The van der Waals surface area contributed by atoms with Crippen LogP contribution < -0.4 is 4.74 Å². The molecule has 0 amide bonds. The molecule has 1 aromatic heterocycles. The van der Waals surface area contributed by atoms with Crippen molar-refractivity contribution in [1.82, 2.24) is 0 Å². The van der Waals surface area contributed by atoms with Crippen LogP contribution in [0, 0.1) is 0 Å². The third kappa shape index (κ3) is 1.78. The molecule has 0 aliphatic carbocycles. The molecule has 86 valence electrons. The molecule has 0 saturated heterocycles. The van der Waals surface area contributed by atoms with Crippen LogP contribution in [0.25, 0.3) is 11.0 Å². The molecule has 1 N–H and O–H groups in total. The second kappa shape index (κ2) is 4.58. The van der Waals surface area contributed by atoms with E-state index in [2.05, 4.69) is 0 Å². The molecule has 2 aromatic rings. The van der Waals surface area contributed by atoms with Gasteiger partial charge in [0.1, 0.15) is 17.1 Å². The topological polar surface area (TPSA) is 42.6 Å². The lowest BCUT2D eigenvalue weighted by Gasteiger charge is -2.08. The fourth-order valence-electron chi connectivity index (χ4n) is 1.81. The highest BCUT2D eigenvalue weighted by Gasteiger charge is 2.12. The lowest BCUT2D eigenvalue weighted by atomic mass is 10.1. The summed E-state index contributed by atoms with van der Waals surface area (Å²) in [6.07, 6.45) is 0.851. The van der Waals surface area contributed by atoms with E-state index in [0.29, 0.717) is 12.4 Å². The average molecular weight is 220 g/mol. The number of aliphatic hydroxyl groups excluding tert-OH is 1. The van der Waals surface area contributed by atoms with Crippen LogP contribution >= 0.6 is 0 Å². The van der Waals surface area contributed by atoms with E-state index in [4.69, 9.17) is 9.15 Å². The molecular weight excluding hydrogens is 204 g/mol. The van der Waals surface area contributed by atoms with E-state index >= 15 is 0 Å². The van der Waals surface area contributed by atoms with Crippen molar-refractivity contribution in [3.63, 3.8) is 0 Å². The molecule has 0 aliphatic heterocycles. The molecule has 2 rings (SSSR count). The van der Waals surface area contributed by atoms with Crippen molar-refractivity contribution in [2.24, 2.45) is 0 Å². The van der Waals surface area contributed by atoms with E-state index in [1.165, 1.54) is 0 Å². The van der Waals surface area contributed by atoms with Gasteiger partial charge in [0, 0.05) is 11.8 Å². The Bertz CT molecular complexity index is 485. The van der Waals surface area contributed by atoms with Crippen molar-refractivity contribution in [2.75, 3.05) is 6.61 Å². The summed E-state index contributed by atoms with van der Waals surface area (Å²) in [6.45, 7) is 4.48. The number of rotatable bonds is 4. The van der Waals surface area contributed by atoms with E-state index in [0.717, 1.165) is 28.7 Å². The van der Waals surface area contributed by atoms with Gasteiger partial charge in [-0.2, -0.15) is 0 Å². The number of hydrogen-bond donors (Lipinski definition) is 1. The van der Waals surface area contributed by atoms with Gasteiger partial charge in [0.05, 0.1) is 18.8 Å². The van der Waals surface area contributed by atoms with Gasteiger partial charge in [-0.3, -0.25) is 0 Å². The van der Waals surface area contributed by atoms with Crippen molar-refractivity contribution in [2.45, 2.75) is 26.9 Å². The second-order valence-corrected chi connectivity index (χ2v) is 3.62. The molecule has 0 atom stereocenters. The summed E-state index contributed by atoms with van der Waals surface area (Å²) in [5.74, 6) is 1.63. The zero-order chi connectivity index (χ0) is 11.5. The first-order chi connectivity index (χ1) is 7.80. The minimum absolute atomic E-state index is 0.0661. The molecule has 3 heteroatoms. The van der Waals surface area contributed by atoms with E-state index < -0.39 is 0 Å². The highest BCUT2D eigenvalue weighted by molar-refractivity contribution is 5.83. The lowest BCUT2D eigenvalue weighted by Crippen LogP contribution is -1.96. The van der Waals surface area contributed by atoms with Crippen LogP contribution in [-0.2, 0) is 13.0 Å². The first-order valence-corrected chi connectivity index (χ1v) is 5.58. The summed E-state index contributed by atoms with van der Waals surface area (Å²) in [5, 5.41) is 10.4. The molecule has 0 saturated carbocycles. The number of fused-ring (bicyclic) bond motifs is 1. The number of benzene rings is 1. The fraction of sp³-hybridized carbons (Fsp3) is 0.385. The first-order valence-electron chi connectivity index (χ1n) is 5.58. The van der Waals surface area contributed by atoms with Gasteiger partial charge in [0.25, 0.3) is 0 Å². The van der Waals surface area contributed by atoms with Crippen molar-refractivity contribution in [1.29, 1.82) is 0 Å². The van der Waals surface area contributed by atoms with Gasteiger partial charge in [-0.05, 0) is 25.1 Å². The van der Waals surface area contributed by atoms with E-state index in [9.17, 15) is 5.11 Å². The molecule has 1 aromatic carbocycles. The summed E-state index contributed by atoms with van der Waals surface area (Å²) in [6, 6.07) is 5.85. The largest absolute Gasteiger partial charge is 0.493 e. The molecule has 0 fully saturated rings. The molecule has 3 nitrogen and oxygen atoms in total. The normalized spacial score (nSPS) is 10.9. The highest BCUT2D eigenvalue weighted by Crippen LogP contribution is 2.30. The number of hydrogen-bond acceptors (Lipinski definition) is 3. The smallest absolute Gasteiger partial charge is 0.143 e. The molecule has 0 radical (unpaired) electrons. The molecular formula is C13H16O3. The van der Waals surface area contributed by atoms with Crippen molar-refractivity contribution < 1.29 is 14.3 Å². The lowest BCUT2D eigenvalue weighted by molar-refractivity contribution is 0.267. The summed E-state index contributed by atoms with van der Waals surface area (Å²) in [7, 11) is 0. The molecule has 0 spiro atoms. The number of furan rings is 1. The fourth-order valence-corrected chi connectivity index (χ4v) is 1.81. The van der Waals surface area contributed by atoms with Crippen molar-refractivity contribution in [3.8, 4) is 5.75 Å². The summed E-state index contributed by atoms with van der Waals surface area (Å²) in [5.41, 5.74) is 1.48. The van der Waals surface area contributed by atoms with Crippen LogP contribution in [0.2, 0.25) is 0 Å². The molecule has 0 unspecified atom stereocenters. The van der Waals surface area contributed by atoms with E-state index in [1.54, 1.807) is 0 Å². The van der Waals surface area contributed by atoms with Crippen LogP contribution in [-0.4, -0.2) is 11.7 Å². The molecule has 16 heavy (non-hydrogen) atoms. The van der Waals surface area contributed by atoms with E-state index in [-0.39, 0.29) is 6.61 Å². The number of aliphatic hydroxyl groups is 1. The quantitative estimate of drug-likeness (QED) is 0.861. The van der Waals surface area contributed by atoms with Gasteiger partial charge in [0.15, 0.2) is 0 Å². The zero-order valence-electron chi connectivity index (χ0n) is 9.62. The predicted molar refractivity (Wildman–Crippen MR) is 62.7 cm³/mol.